The molecule has 1 atom stereocenters. The first-order valence-corrected chi connectivity index (χ1v) is 5.60. The van der Waals surface area contributed by atoms with Crippen LogP contribution in [0.4, 0.5) is 6.01 Å². The van der Waals surface area contributed by atoms with E-state index in [4.69, 9.17) is 10.2 Å². The Hall–Kier alpha value is -1.10. The van der Waals surface area contributed by atoms with Crippen molar-refractivity contribution in [3.05, 3.63) is 5.89 Å². The Kier molecular flexibility index (Phi) is 3.20. The fraction of sp³-hybridized carbons (Fsp3) is 0.800. The molecule has 2 rings (SSSR count). The zero-order valence-corrected chi connectivity index (χ0v) is 9.15. The fourth-order valence-corrected chi connectivity index (χ4v) is 1.97. The van der Waals surface area contributed by atoms with Crippen molar-refractivity contribution in [2.45, 2.75) is 38.6 Å². The van der Waals surface area contributed by atoms with E-state index >= 15 is 0 Å². The lowest BCUT2D eigenvalue weighted by atomic mass is 10.0. The van der Waals surface area contributed by atoms with Crippen molar-refractivity contribution in [1.29, 1.82) is 0 Å². The molecular weight excluding hydrogens is 192 g/mol. The Morgan fingerprint density at radius 3 is 3.07 bits per heavy atom. The van der Waals surface area contributed by atoms with Gasteiger partial charge in [0.05, 0.1) is 0 Å². The zero-order chi connectivity index (χ0) is 10.7. The Morgan fingerprint density at radius 2 is 2.33 bits per heavy atom. The maximum absolute atomic E-state index is 5.56. The van der Waals surface area contributed by atoms with E-state index in [2.05, 4.69) is 22.0 Å². The topological polar surface area (TPSA) is 68.2 Å². The minimum atomic E-state index is 0.505. The highest BCUT2D eigenvalue weighted by Crippen LogP contribution is 2.23. The Bertz CT molecular complexity index is 312. The fourth-order valence-electron chi connectivity index (χ4n) is 1.97. The van der Waals surface area contributed by atoms with Gasteiger partial charge in [0.1, 0.15) is 0 Å². The molecule has 1 aromatic rings. The van der Waals surface area contributed by atoms with Gasteiger partial charge in [0.15, 0.2) is 0 Å². The van der Waals surface area contributed by atoms with Crippen molar-refractivity contribution in [3.63, 3.8) is 0 Å². The Balaban J connectivity index is 2.06. The quantitative estimate of drug-likeness (QED) is 0.804. The molecule has 2 N–H and O–H groups in total. The lowest BCUT2D eigenvalue weighted by molar-refractivity contribution is 0.421. The van der Waals surface area contributed by atoms with Crippen molar-refractivity contribution >= 4 is 6.01 Å². The van der Waals surface area contributed by atoms with Crippen LogP contribution in [-0.4, -0.2) is 29.3 Å². The molecule has 0 radical (unpaired) electrons. The molecule has 1 aliphatic heterocycles. The van der Waals surface area contributed by atoms with Gasteiger partial charge in [0, 0.05) is 25.6 Å². The molecule has 0 bridgehead atoms. The molecule has 5 nitrogen and oxygen atoms in total. The summed E-state index contributed by atoms with van der Waals surface area (Å²) in [6.07, 6.45) is 4.37. The first-order valence-electron chi connectivity index (χ1n) is 5.60. The van der Waals surface area contributed by atoms with Crippen LogP contribution >= 0.6 is 0 Å². The number of rotatable bonds is 3. The minimum Gasteiger partial charge on any atom is -0.408 e. The van der Waals surface area contributed by atoms with Crippen LogP contribution in [0.25, 0.3) is 0 Å². The summed E-state index contributed by atoms with van der Waals surface area (Å²) >= 11 is 0. The summed E-state index contributed by atoms with van der Waals surface area (Å²) in [5.41, 5.74) is 5.43. The molecule has 1 saturated heterocycles. The van der Waals surface area contributed by atoms with E-state index in [1.54, 1.807) is 0 Å². The molecule has 1 aliphatic rings. The van der Waals surface area contributed by atoms with Crippen LogP contribution in [0, 0.1) is 0 Å². The molecule has 0 amide bonds. The maximum Gasteiger partial charge on any atom is 0.318 e. The van der Waals surface area contributed by atoms with Crippen LogP contribution in [0.1, 0.15) is 32.1 Å². The predicted molar refractivity (Wildman–Crippen MR) is 57.7 cm³/mol. The third-order valence-corrected chi connectivity index (χ3v) is 2.86. The van der Waals surface area contributed by atoms with E-state index < -0.39 is 0 Å². The average molecular weight is 210 g/mol. The zero-order valence-electron chi connectivity index (χ0n) is 9.15. The predicted octanol–water partition coefficient (Wildman–Crippen LogP) is 0.950. The lowest BCUT2D eigenvalue weighted by Crippen LogP contribution is -2.37. The summed E-state index contributed by atoms with van der Waals surface area (Å²) in [6, 6.07) is 1.16. The molecular formula is C10H18N4O. The molecule has 0 aromatic carbocycles. The van der Waals surface area contributed by atoms with Gasteiger partial charge in [-0.25, -0.2) is 0 Å². The van der Waals surface area contributed by atoms with Gasteiger partial charge >= 0.3 is 6.01 Å². The summed E-state index contributed by atoms with van der Waals surface area (Å²) in [5, 5.41) is 8.04. The third kappa shape index (κ3) is 2.28. The van der Waals surface area contributed by atoms with Crippen LogP contribution in [-0.2, 0) is 6.42 Å². The second kappa shape index (κ2) is 4.61. The molecule has 5 heteroatoms. The second-order valence-corrected chi connectivity index (χ2v) is 4.06. The maximum atomic E-state index is 5.56. The normalized spacial score (nSPS) is 22.0. The molecule has 2 heterocycles. The van der Waals surface area contributed by atoms with Crippen molar-refractivity contribution in [3.8, 4) is 0 Å². The second-order valence-electron chi connectivity index (χ2n) is 4.06. The summed E-state index contributed by atoms with van der Waals surface area (Å²) in [7, 11) is 0. The molecule has 1 fully saturated rings. The van der Waals surface area contributed by atoms with Crippen LogP contribution in [0.15, 0.2) is 4.42 Å². The van der Waals surface area contributed by atoms with Gasteiger partial charge in [0.25, 0.3) is 0 Å². The van der Waals surface area contributed by atoms with Gasteiger partial charge in [-0.3, -0.25) is 0 Å². The first-order chi connectivity index (χ1) is 7.31. The third-order valence-electron chi connectivity index (χ3n) is 2.86. The highest BCUT2D eigenvalue weighted by Gasteiger charge is 2.22. The van der Waals surface area contributed by atoms with Crippen molar-refractivity contribution in [1.82, 2.24) is 10.2 Å². The lowest BCUT2D eigenvalue weighted by Gasteiger charge is -2.31. The van der Waals surface area contributed by atoms with E-state index in [-0.39, 0.29) is 0 Å². The largest absolute Gasteiger partial charge is 0.408 e. The van der Waals surface area contributed by atoms with Crippen molar-refractivity contribution < 1.29 is 4.42 Å². The molecule has 84 valence electrons. The smallest absolute Gasteiger partial charge is 0.318 e. The molecule has 15 heavy (non-hydrogen) atoms. The van der Waals surface area contributed by atoms with Gasteiger partial charge in [-0.2, -0.15) is 0 Å². The first kappa shape index (κ1) is 10.4. The molecule has 0 saturated carbocycles. The number of hydrogen-bond donors (Lipinski definition) is 1. The van der Waals surface area contributed by atoms with Gasteiger partial charge < -0.3 is 15.1 Å². The Morgan fingerprint density at radius 1 is 1.47 bits per heavy atom. The highest BCUT2D eigenvalue weighted by atomic mass is 16.4. The summed E-state index contributed by atoms with van der Waals surface area (Å²) in [5.74, 6) is 0.644. The standard InChI is InChI=1S/C10H18N4O/c1-8-4-2-3-7-14(8)10-13-12-9(15-10)5-6-11/h8H,2-7,11H2,1H3. The SMILES string of the molecule is CC1CCCCN1c1nnc(CCN)o1. The molecule has 1 unspecified atom stereocenters. The Labute approximate surface area is 89.6 Å². The van der Waals surface area contributed by atoms with E-state index in [0.29, 0.717) is 30.9 Å². The van der Waals surface area contributed by atoms with Crippen LogP contribution in [0.3, 0.4) is 0 Å². The summed E-state index contributed by atoms with van der Waals surface area (Å²) in [4.78, 5) is 2.19. The number of piperidine rings is 1. The van der Waals surface area contributed by atoms with Gasteiger partial charge in [-0.15, -0.1) is 5.10 Å². The van der Waals surface area contributed by atoms with Gasteiger partial charge in [-0.1, -0.05) is 5.10 Å². The number of nitrogens with zero attached hydrogens (tertiary/aromatic N) is 3. The van der Waals surface area contributed by atoms with Crippen molar-refractivity contribution in [2.75, 3.05) is 18.0 Å². The van der Waals surface area contributed by atoms with Crippen LogP contribution in [0.5, 0.6) is 0 Å². The van der Waals surface area contributed by atoms with Gasteiger partial charge in [0.2, 0.25) is 5.89 Å². The van der Waals surface area contributed by atoms with E-state index in [9.17, 15) is 0 Å². The minimum absolute atomic E-state index is 0.505. The number of aromatic nitrogens is 2. The summed E-state index contributed by atoms with van der Waals surface area (Å²) in [6.45, 7) is 3.77. The van der Waals surface area contributed by atoms with E-state index in [0.717, 1.165) is 6.54 Å². The number of nitrogens with two attached hydrogens (primary N) is 1. The molecule has 0 aliphatic carbocycles. The highest BCUT2D eigenvalue weighted by molar-refractivity contribution is 5.26. The van der Waals surface area contributed by atoms with E-state index in [1.165, 1.54) is 19.3 Å². The molecule has 1 aromatic heterocycles. The average Bonchev–Trinajstić information content (AvgIpc) is 2.68. The number of hydrogen-bond acceptors (Lipinski definition) is 5. The molecule has 0 spiro atoms. The van der Waals surface area contributed by atoms with E-state index in [1.807, 2.05) is 0 Å². The van der Waals surface area contributed by atoms with Crippen LogP contribution in [0.2, 0.25) is 0 Å². The van der Waals surface area contributed by atoms with Gasteiger partial charge in [-0.05, 0) is 26.2 Å². The van der Waals surface area contributed by atoms with Crippen LogP contribution < -0.4 is 10.6 Å². The number of anilines is 1. The van der Waals surface area contributed by atoms with Crippen molar-refractivity contribution in [2.24, 2.45) is 5.73 Å². The monoisotopic (exact) mass is 210 g/mol. The summed E-state index contributed by atoms with van der Waals surface area (Å²) < 4.78 is 5.56.